The second-order valence-corrected chi connectivity index (χ2v) is 5.78. The summed E-state index contributed by atoms with van der Waals surface area (Å²) in [7, 11) is 2.19. The molecule has 0 unspecified atom stereocenters. The van der Waals surface area contributed by atoms with Crippen molar-refractivity contribution in [2.45, 2.75) is 19.9 Å². The Morgan fingerprint density at radius 1 is 1.00 bits per heavy atom. The molecule has 21 heavy (non-hydrogen) atoms. The topological polar surface area (TPSA) is 19.0 Å². The first-order valence-electron chi connectivity index (χ1n) is 7.52. The van der Waals surface area contributed by atoms with Crippen LogP contribution in [0.25, 0.3) is 10.9 Å². The van der Waals surface area contributed by atoms with E-state index in [-0.39, 0.29) is 0 Å². The van der Waals surface area contributed by atoms with Crippen LogP contribution in [0.3, 0.4) is 0 Å². The molecule has 1 heterocycles. The number of para-hydroxylation sites is 1. The lowest BCUT2D eigenvalue weighted by Crippen LogP contribution is -2.20. The molecule has 2 heteroatoms. The molecule has 0 aliphatic carbocycles. The van der Waals surface area contributed by atoms with E-state index >= 15 is 0 Å². The van der Waals surface area contributed by atoms with Crippen LogP contribution in [-0.2, 0) is 13.0 Å². The number of nitrogens with one attached hydrogen (secondary N) is 1. The predicted molar refractivity (Wildman–Crippen MR) is 89.5 cm³/mol. The minimum Gasteiger partial charge on any atom is -0.361 e. The van der Waals surface area contributed by atoms with E-state index in [9.17, 15) is 0 Å². The van der Waals surface area contributed by atoms with E-state index in [0.717, 1.165) is 19.5 Å². The van der Waals surface area contributed by atoms with Crippen LogP contribution in [0.5, 0.6) is 0 Å². The largest absolute Gasteiger partial charge is 0.361 e. The van der Waals surface area contributed by atoms with Gasteiger partial charge in [0.05, 0.1) is 0 Å². The van der Waals surface area contributed by atoms with E-state index < -0.39 is 0 Å². The fourth-order valence-corrected chi connectivity index (χ4v) is 2.83. The number of benzene rings is 2. The number of aryl methyl sites for hydroxylation is 1. The van der Waals surface area contributed by atoms with Gasteiger partial charge in [-0.05, 0) is 37.1 Å². The SMILES string of the molecule is Cc1cccc2c(CN(C)CCc3ccccc3)c[nH]c12. The van der Waals surface area contributed by atoms with Gasteiger partial charge in [-0.3, -0.25) is 0 Å². The minimum atomic E-state index is 0.982. The molecule has 3 rings (SSSR count). The van der Waals surface area contributed by atoms with Gasteiger partial charge < -0.3 is 9.88 Å². The van der Waals surface area contributed by atoms with Crippen LogP contribution < -0.4 is 0 Å². The molecule has 0 amide bonds. The summed E-state index contributed by atoms with van der Waals surface area (Å²) in [4.78, 5) is 5.80. The molecule has 1 N–H and O–H groups in total. The van der Waals surface area contributed by atoms with Gasteiger partial charge in [0.25, 0.3) is 0 Å². The van der Waals surface area contributed by atoms with Gasteiger partial charge in [-0.15, -0.1) is 0 Å². The highest BCUT2D eigenvalue weighted by Crippen LogP contribution is 2.22. The first-order chi connectivity index (χ1) is 10.2. The molecule has 0 atom stereocenters. The van der Waals surface area contributed by atoms with Crippen LogP contribution in [-0.4, -0.2) is 23.5 Å². The van der Waals surface area contributed by atoms with E-state index in [2.05, 4.69) is 78.6 Å². The van der Waals surface area contributed by atoms with Crippen LogP contribution in [0, 0.1) is 6.92 Å². The zero-order valence-corrected chi connectivity index (χ0v) is 12.8. The second-order valence-electron chi connectivity index (χ2n) is 5.78. The number of aromatic nitrogens is 1. The van der Waals surface area contributed by atoms with Gasteiger partial charge in [0, 0.05) is 30.2 Å². The molecule has 0 spiro atoms. The van der Waals surface area contributed by atoms with Crippen molar-refractivity contribution < 1.29 is 0 Å². The Kier molecular flexibility index (Phi) is 4.07. The summed E-state index contributed by atoms with van der Waals surface area (Å²) in [5.74, 6) is 0. The summed E-state index contributed by atoms with van der Waals surface area (Å²) in [6.45, 7) is 4.21. The van der Waals surface area contributed by atoms with Crippen molar-refractivity contribution in [3.63, 3.8) is 0 Å². The Hall–Kier alpha value is -2.06. The number of fused-ring (bicyclic) bond motifs is 1. The summed E-state index contributed by atoms with van der Waals surface area (Å²) in [6, 6.07) is 17.2. The maximum atomic E-state index is 3.41. The third kappa shape index (κ3) is 3.17. The van der Waals surface area contributed by atoms with E-state index in [1.165, 1.54) is 27.6 Å². The highest BCUT2D eigenvalue weighted by atomic mass is 15.1. The van der Waals surface area contributed by atoms with Crippen LogP contribution in [0.4, 0.5) is 0 Å². The van der Waals surface area contributed by atoms with Crippen LogP contribution in [0.2, 0.25) is 0 Å². The predicted octanol–water partition coefficient (Wildman–Crippen LogP) is 4.15. The summed E-state index contributed by atoms with van der Waals surface area (Å²) in [6.07, 6.45) is 3.25. The van der Waals surface area contributed by atoms with Crippen molar-refractivity contribution in [1.82, 2.24) is 9.88 Å². The highest BCUT2D eigenvalue weighted by Gasteiger charge is 2.07. The maximum absolute atomic E-state index is 3.41. The monoisotopic (exact) mass is 278 g/mol. The standard InChI is InChI=1S/C19H22N2/c1-15-7-6-10-18-17(13-20-19(15)18)14-21(2)12-11-16-8-4-3-5-9-16/h3-10,13,20H,11-12,14H2,1-2H3. The molecule has 0 saturated carbocycles. The van der Waals surface area contributed by atoms with E-state index in [4.69, 9.17) is 0 Å². The Morgan fingerprint density at radius 3 is 2.62 bits per heavy atom. The molecule has 0 radical (unpaired) electrons. The Morgan fingerprint density at radius 2 is 1.81 bits per heavy atom. The number of H-pyrrole nitrogens is 1. The molecule has 1 aromatic heterocycles. The Labute approximate surface area is 126 Å². The number of hydrogen-bond donors (Lipinski definition) is 1. The van der Waals surface area contributed by atoms with Crippen molar-refractivity contribution in [1.29, 1.82) is 0 Å². The third-order valence-electron chi connectivity index (χ3n) is 4.07. The van der Waals surface area contributed by atoms with Gasteiger partial charge >= 0.3 is 0 Å². The quantitative estimate of drug-likeness (QED) is 0.743. The molecule has 0 fully saturated rings. The molecule has 108 valence electrons. The maximum Gasteiger partial charge on any atom is 0.0487 e. The van der Waals surface area contributed by atoms with Gasteiger partial charge in [0.2, 0.25) is 0 Å². The molecule has 0 aliphatic rings. The van der Waals surface area contributed by atoms with Crippen LogP contribution in [0.15, 0.2) is 54.7 Å². The third-order valence-corrected chi connectivity index (χ3v) is 4.07. The smallest absolute Gasteiger partial charge is 0.0487 e. The van der Waals surface area contributed by atoms with Gasteiger partial charge in [-0.25, -0.2) is 0 Å². The number of likely N-dealkylation sites (N-methyl/N-ethyl adjacent to an activating group) is 1. The van der Waals surface area contributed by atoms with E-state index in [0.29, 0.717) is 0 Å². The Balaban J connectivity index is 1.66. The van der Waals surface area contributed by atoms with E-state index in [1.54, 1.807) is 0 Å². The summed E-state index contributed by atoms with van der Waals surface area (Å²) < 4.78 is 0. The zero-order valence-electron chi connectivity index (χ0n) is 12.8. The molecule has 2 aromatic carbocycles. The molecule has 0 bridgehead atoms. The van der Waals surface area contributed by atoms with Gasteiger partial charge in [0.1, 0.15) is 0 Å². The molecule has 2 nitrogen and oxygen atoms in total. The molecule has 0 aliphatic heterocycles. The number of nitrogens with zero attached hydrogens (tertiary/aromatic N) is 1. The average molecular weight is 278 g/mol. The molecule has 3 aromatic rings. The normalized spacial score (nSPS) is 11.4. The number of aromatic amines is 1. The molecule has 0 saturated heterocycles. The summed E-state index contributed by atoms with van der Waals surface area (Å²) >= 11 is 0. The first kappa shape index (κ1) is 13.9. The van der Waals surface area contributed by atoms with Gasteiger partial charge in [-0.1, -0.05) is 48.5 Å². The number of rotatable bonds is 5. The van der Waals surface area contributed by atoms with Crippen molar-refractivity contribution in [3.8, 4) is 0 Å². The molecular formula is C19H22N2. The van der Waals surface area contributed by atoms with Gasteiger partial charge in [-0.2, -0.15) is 0 Å². The second kappa shape index (κ2) is 6.15. The summed E-state index contributed by atoms with van der Waals surface area (Å²) in [5.41, 5.74) is 5.36. The highest BCUT2D eigenvalue weighted by molar-refractivity contribution is 5.85. The van der Waals surface area contributed by atoms with Crippen LogP contribution >= 0.6 is 0 Å². The first-order valence-corrected chi connectivity index (χ1v) is 7.52. The summed E-state index contributed by atoms with van der Waals surface area (Å²) in [5, 5.41) is 1.35. The molecular weight excluding hydrogens is 256 g/mol. The Bertz CT molecular complexity index is 713. The van der Waals surface area contributed by atoms with E-state index in [1.807, 2.05) is 0 Å². The van der Waals surface area contributed by atoms with Crippen LogP contribution in [0.1, 0.15) is 16.7 Å². The van der Waals surface area contributed by atoms with Gasteiger partial charge in [0.15, 0.2) is 0 Å². The van der Waals surface area contributed by atoms with Crippen molar-refractivity contribution in [2.24, 2.45) is 0 Å². The fraction of sp³-hybridized carbons (Fsp3) is 0.263. The lowest BCUT2D eigenvalue weighted by atomic mass is 10.1. The minimum absolute atomic E-state index is 0.982. The fourth-order valence-electron chi connectivity index (χ4n) is 2.83. The lowest BCUT2D eigenvalue weighted by molar-refractivity contribution is 0.332. The lowest BCUT2D eigenvalue weighted by Gasteiger charge is -2.16. The van der Waals surface area contributed by atoms with Crippen molar-refractivity contribution >= 4 is 10.9 Å². The van der Waals surface area contributed by atoms with Crippen molar-refractivity contribution in [2.75, 3.05) is 13.6 Å². The van der Waals surface area contributed by atoms with Crippen molar-refractivity contribution in [3.05, 3.63) is 71.4 Å². The number of hydrogen-bond acceptors (Lipinski definition) is 1. The average Bonchev–Trinajstić information content (AvgIpc) is 2.91. The zero-order chi connectivity index (χ0) is 14.7.